The Balaban J connectivity index is 1.77. The maximum absolute atomic E-state index is 15.8. The fraction of sp³-hybridized carbons (Fsp3) is 0.0667. The Labute approximate surface area is 249 Å². The van der Waals surface area contributed by atoms with E-state index in [1.165, 1.54) is 66.7 Å². The number of nitrogens with zero attached hydrogens (tertiary/aromatic N) is 1. The zero-order chi connectivity index (χ0) is 31.8. The fourth-order valence-corrected chi connectivity index (χ4v) is 3.63. The molecule has 0 aliphatic rings. The van der Waals surface area contributed by atoms with Crippen LogP contribution in [0.2, 0.25) is 0 Å². The number of pyridine rings is 1. The van der Waals surface area contributed by atoms with Crippen molar-refractivity contribution >= 4 is 29.5 Å². The summed E-state index contributed by atoms with van der Waals surface area (Å²) < 4.78 is 53.1. The summed E-state index contributed by atoms with van der Waals surface area (Å²) in [5.41, 5.74) is 11.8. The smallest absolute Gasteiger partial charge is 0.330 e. The second-order valence-electron chi connectivity index (χ2n) is 8.81. The number of benzene rings is 3. The number of anilines is 1. The van der Waals surface area contributed by atoms with E-state index in [2.05, 4.69) is 10.3 Å². The van der Waals surface area contributed by atoms with E-state index < -0.39 is 40.9 Å². The van der Waals surface area contributed by atoms with E-state index in [4.69, 9.17) is 41.2 Å². The molecule has 0 saturated heterocycles. The molecule has 0 unspecified atom stereocenters. The van der Waals surface area contributed by atoms with Gasteiger partial charge in [0.2, 0.25) is 17.4 Å². The minimum Gasteiger partial charge on any atom is -0.504 e. The molecule has 0 spiro atoms. The third-order valence-corrected chi connectivity index (χ3v) is 5.56. The average Bonchev–Trinajstić information content (AvgIpc) is 2.98. The van der Waals surface area contributed by atoms with Crippen LogP contribution in [0.5, 0.6) is 40.5 Å². The van der Waals surface area contributed by atoms with E-state index in [9.17, 15) is 9.90 Å². The van der Waals surface area contributed by atoms with Crippen molar-refractivity contribution in [2.75, 3.05) is 11.9 Å². The molecular formula is C30H26F2N6O6. The van der Waals surface area contributed by atoms with Gasteiger partial charge in [0.15, 0.2) is 17.5 Å². The number of nitrogens with two attached hydrogens (primary N) is 2. The molecule has 0 saturated carbocycles. The van der Waals surface area contributed by atoms with Crippen LogP contribution in [0.1, 0.15) is 18.1 Å². The number of ether oxygens (including phenoxy) is 4. The third kappa shape index (κ3) is 7.76. The number of aromatic hydroxyl groups is 1. The number of halogens is 2. The Hall–Kier alpha value is -6.18. The maximum Gasteiger partial charge on any atom is 0.330 e. The van der Waals surface area contributed by atoms with Crippen LogP contribution >= 0.6 is 0 Å². The number of rotatable bonds is 11. The Kier molecular flexibility index (Phi) is 9.55. The predicted octanol–water partition coefficient (Wildman–Crippen LogP) is 5.61. The molecule has 0 aliphatic heterocycles. The van der Waals surface area contributed by atoms with Crippen LogP contribution in [0.3, 0.4) is 0 Å². The van der Waals surface area contributed by atoms with Gasteiger partial charge in [-0.3, -0.25) is 10.8 Å². The molecule has 12 nitrogen and oxygen atoms in total. The number of phenolic OH excluding ortho intramolecular Hbond substituents is 1. The zero-order valence-electron chi connectivity index (χ0n) is 23.1. The van der Waals surface area contributed by atoms with Crippen LogP contribution in [0.4, 0.5) is 14.5 Å². The fourth-order valence-electron chi connectivity index (χ4n) is 3.63. The number of carbonyl (C=O) groups is 1. The normalized spacial score (nSPS) is 10.7. The number of hydrogen-bond acceptors (Lipinski definition) is 9. The molecule has 0 amide bonds. The second-order valence-corrected chi connectivity index (χ2v) is 8.81. The van der Waals surface area contributed by atoms with Gasteiger partial charge in [0.1, 0.15) is 17.3 Å². The van der Waals surface area contributed by atoms with Crippen molar-refractivity contribution in [2.45, 2.75) is 6.92 Å². The van der Waals surface area contributed by atoms with E-state index in [0.717, 1.165) is 0 Å². The number of amidine groups is 1. The lowest BCUT2D eigenvalue weighted by Crippen LogP contribution is -2.20. The molecule has 0 aliphatic carbocycles. The summed E-state index contributed by atoms with van der Waals surface area (Å²) in [6, 6.07) is 15.6. The van der Waals surface area contributed by atoms with Gasteiger partial charge in [-0.2, -0.15) is 13.8 Å². The lowest BCUT2D eigenvalue weighted by atomic mass is 10.2. The first-order valence-corrected chi connectivity index (χ1v) is 12.8. The molecule has 1 heterocycles. The number of nitrogens with one attached hydrogen (secondary N) is 3. The molecule has 3 aromatic carbocycles. The molecule has 0 atom stereocenters. The number of hydrogen-bond donors (Lipinski definition) is 6. The maximum atomic E-state index is 15.8. The van der Waals surface area contributed by atoms with Gasteiger partial charge in [0.25, 0.3) is 11.8 Å². The minimum absolute atomic E-state index is 0.0222. The molecule has 226 valence electrons. The SMILES string of the molecule is CCOC(=O)C=Cc1cccc(Oc2c(F)c(Oc3cccc(NC(=N)N)c3)nc(Oc3cc(C(=N)N)ccc3O)c2F)c1. The molecule has 8 N–H and O–H groups in total. The van der Waals surface area contributed by atoms with Gasteiger partial charge in [-0.05, 0) is 61.0 Å². The first-order chi connectivity index (χ1) is 21.0. The van der Waals surface area contributed by atoms with Crippen LogP contribution < -0.4 is 31.0 Å². The van der Waals surface area contributed by atoms with E-state index in [-0.39, 0.29) is 41.2 Å². The van der Waals surface area contributed by atoms with Crippen molar-refractivity contribution < 1.29 is 37.6 Å². The Morgan fingerprint density at radius 2 is 1.64 bits per heavy atom. The minimum atomic E-state index is -1.39. The zero-order valence-corrected chi connectivity index (χ0v) is 23.1. The van der Waals surface area contributed by atoms with E-state index in [0.29, 0.717) is 11.3 Å². The number of carbonyl (C=O) groups excluding carboxylic acids is 1. The largest absolute Gasteiger partial charge is 0.504 e. The van der Waals surface area contributed by atoms with Crippen molar-refractivity contribution in [3.63, 3.8) is 0 Å². The highest BCUT2D eigenvalue weighted by Crippen LogP contribution is 2.41. The van der Waals surface area contributed by atoms with Crippen LogP contribution in [-0.4, -0.2) is 34.5 Å². The predicted molar refractivity (Wildman–Crippen MR) is 158 cm³/mol. The molecular weight excluding hydrogens is 578 g/mol. The summed E-state index contributed by atoms with van der Waals surface area (Å²) in [6.07, 6.45) is 2.62. The molecule has 44 heavy (non-hydrogen) atoms. The Morgan fingerprint density at radius 3 is 2.32 bits per heavy atom. The van der Waals surface area contributed by atoms with Crippen molar-refractivity contribution in [3.05, 3.63) is 95.6 Å². The number of esters is 1. The van der Waals surface area contributed by atoms with Gasteiger partial charge in [-0.15, -0.1) is 0 Å². The topological polar surface area (TPSA) is 199 Å². The summed E-state index contributed by atoms with van der Waals surface area (Å²) in [5.74, 6) is -7.37. The van der Waals surface area contributed by atoms with Gasteiger partial charge in [0, 0.05) is 23.4 Å². The standard InChI is InChI=1S/C30H26F2N6O6/c1-2-41-23(40)12-9-16-5-3-7-19(13-16)42-26-24(31)28(43-20-8-4-6-18(15-20)37-30(35)36)38-29(25(26)32)44-22-14-17(27(33)34)10-11-21(22)39/h3-15,39H,2H2,1H3,(H3,33,34)(H4,35,36,37). The quantitative estimate of drug-likeness (QED) is 0.0541. The molecule has 1 aromatic heterocycles. The summed E-state index contributed by atoms with van der Waals surface area (Å²) in [7, 11) is 0. The van der Waals surface area contributed by atoms with Crippen molar-refractivity contribution in [2.24, 2.45) is 11.5 Å². The third-order valence-electron chi connectivity index (χ3n) is 5.56. The lowest BCUT2D eigenvalue weighted by Gasteiger charge is -2.16. The van der Waals surface area contributed by atoms with Crippen molar-refractivity contribution in [1.82, 2.24) is 4.98 Å². The molecule has 0 bridgehead atoms. The van der Waals surface area contributed by atoms with Crippen LogP contribution in [-0.2, 0) is 9.53 Å². The van der Waals surface area contributed by atoms with Crippen LogP contribution in [0.15, 0.2) is 72.8 Å². The molecule has 0 fully saturated rings. The van der Waals surface area contributed by atoms with E-state index in [1.807, 2.05) is 0 Å². The van der Waals surface area contributed by atoms with Crippen molar-refractivity contribution in [3.8, 4) is 40.5 Å². The lowest BCUT2D eigenvalue weighted by molar-refractivity contribution is -0.137. The highest BCUT2D eigenvalue weighted by atomic mass is 19.1. The Morgan fingerprint density at radius 1 is 0.955 bits per heavy atom. The van der Waals surface area contributed by atoms with Gasteiger partial charge < -0.3 is 40.8 Å². The highest BCUT2D eigenvalue weighted by molar-refractivity contribution is 5.95. The summed E-state index contributed by atoms with van der Waals surface area (Å²) in [4.78, 5) is 15.5. The summed E-state index contributed by atoms with van der Waals surface area (Å²) in [6.45, 7) is 1.85. The highest BCUT2D eigenvalue weighted by Gasteiger charge is 2.27. The molecule has 4 aromatic rings. The van der Waals surface area contributed by atoms with Gasteiger partial charge in [-0.25, -0.2) is 4.79 Å². The van der Waals surface area contributed by atoms with Gasteiger partial charge in [0.05, 0.1) is 6.61 Å². The van der Waals surface area contributed by atoms with Crippen molar-refractivity contribution in [1.29, 1.82) is 10.8 Å². The van der Waals surface area contributed by atoms with E-state index in [1.54, 1.807) is 19.1 Å². The number of aromatic nitrogens is 1. The summed E-state index contributed by atoms with van der Waals surface area (Å²) in [5, 5.41) is 27.9. The van der Waals surface area contributed by atoms with Crippen LogP contribution in [0.25, 0.3) is 6.08 Å². The molecule has 14 heteroatoms. The average molecular weight is 605 g/mol. The number of guanidine groups is 1. The molecule has 4 rings (SSSR count). The monoisotopic (exact) mass is 604 g/mol. The number of phenols is 1. The molecule has 0 radical (unpaired) electrons. The van der Waals surface area contributed by atoms with Gasteiger partial charge in [-0.1, -0.05) is 18.2 Å². The second kappa shape index (κ2) is 13.7. The van der Waals surface area contributed by atoms with Crippen LogP contribution in [0, 0.1) is 22.5 Å². The Bertz CT molecular complexity index is 1760. The first kappa shape index (κ1) is 30.8. The van der Waals surface area contributed by atoms with Gasteiger partial charge >= 0.3 is 5.97 Å². The summed E-state index contributed by atoms with van der Waals surface area (Å²) >= 11 is 0. The first-order valence-electron chi connectivity index (χ1n) is 12.8. The van der Waals surface area contributed by atoms with E-state index >= 15 is 8.78 Å². The number of nitrogen functional groups attached to an aromatic ring is 1.